The van der Waals surface area contributed by atoms with E-state index in [0.29, 0.717) is 12.2 Å². The lowest BCUT2D eigenvalue weighted by molar-refractivity contribution is -0.111. The molecule has 1 saturated heterocycles. The molecule has 5 nitrogen and oxygen atoms in total. The van der Waals surface area contributed by atoms with Crippen LogP contribution in [0.25, 0.3) is 0 Å². The van der Waals surface area contributed by atoms with Gasteiger partial charge < -0.3 is 15.6 Å². The number of nitrogens with two attached hydrogens (primary N) is 1. The van der Waals surface area contributed by atoms with Gasteiger partial charge in [-0.05, 0) is 172 Å². The molecule has 3 N–H and O–H groups in total. The quantitative estimate of drug-likeness (QED) is 0.0303. The lowest BCUT2D eigenvalue weighted by Crippen LogP contribution is -2.50. The molecule has 0 aromatic heterocycles. The van der Waals surface area contributed by atoms with E-state index in [-0.39, 0.29) is 17.9 Å². The Balaban J connectivity index is 0.00000120. The molecule has 2 aliphatic carbocycles. The Hall–Kier alpha value is -3.54. The number of hydrogen-bond acceptors (Lipinski definition) is 5. The van der Waals surface area contributed by atoms with E-state index in [1.807, 2.05) is 38.1 Å². The minimum atomic E-state index is -0.111. The molecule has 0 bridgehead atoms. The van der Waals surface area contributed by atoms with Crippen molar-refractivity contribution in [3.63, 3.8) is 0 Å². The molecule has 0 amide bonds. The number of allylic oxidation sites excluding steroid dienone is 11. The van der Waals surface area contributed by atoms with Gasteiger partial charge >= 0.3 is 0 Å². The third-order valence-corrected chi connectivity index (χ3v) is 14.4. The van der Waals surface area contributed by atoms with Crippen LogP contribution in [0.1, 0.15) is 182 Å². The fourth-order valence-corrected chi connectivity index (χ4v) is 10.0. The Kier molecular flexibility index (Phi) is 33.5. The maximum Gasteiger partial charge on any atom is 0.142 e. The summed E-state index contributed by atoms with van der Waals surface area (Å²) in [4.78, 5) is 24.1. The first kappa shape index (κ1) is 59.5. The average Bonchev–Trinajstić information content (AvgIpc) is 3.28. The first-order valence-corrected chi connectivity index (χ1v) is 25.9. The Bertz CT molecular complexity index is 1560. The van der Waals surface area contributed by atoms with Crippen LogP contribution in [0.3, 0.4) is 0 Å². The number of carbonyl (C=O) groups is 2. The number of aliphatic hydroxyl groups is 1. The number of carbonyl (C=O) groups excluding carboxylic acids is 2. The Morgan fingerprint density at radius 1 is 0.892 bits per heavy atom. The van der Waals surface area contributed by atoms with Crippen LogP contribution in [-0.4, -0.2) is 47.3 Å². The van der Waals surface area contributed by atoms with Crippen LogP contribution in [0.5, 0.6) is 0 Å². The summed E-state index contributed by atoms with van der Waals surface area (Å²) in [7, 11) is 0. The molecule has 4 rings (SSSR count). The van der Waals surface area contributed by atoms with Crippen molar-refractivity contribution in [2.24, 2.45) is 35.5 Å². The van der Waals surface area contributed by atoms with Crippen molar-refractivity contribution in [1.29, 1.82) is 0 Å². The third-order valence-electron chi connectivity index (χ3n) is 14.4. The summed E-state index contributed by atoms with van der Waals surface area (Å²) < 4.78 is 0. The Morgan fingerprint density at radius 3 is 2.23 bits per heavy atom. The molecule has 1 aromatic carbocycles. The number of aryl methyl sites for hydroxylation is 1. The zero-order valence-electron chi connectivity index (χ0n) is 43.0. The molecule has 1 heterocycles. The molecule has 1 aromatic rings. The smallest absolute Gasteiger partial charge is 0.142 e. The maximum atomic E-state index is 12.2. The van der Waals surface area contributed by atoms with Crippen LogP contribution in [-0.2, 0) is 9.59 Å². The number of likely N-dealkylation sites (tertiary alicyclic amines) is 1. The van der Waals surface area contributed by atoms with Gasteiger partial charge in [0.15, 0.2) is 0 Å². The van der Waals surface area contributed by atoms with Crippen molar-refractivity contribution in [3.8, 4) is 0 Å². The van der Waals surface area contributed by atoms with E-state index in [1.165, 1.54) is 126 Å². The van der Waals surface area contributed by atoms with Crippen molar-refractivity contribution in [3.05, 3.63) is 115 Å². The highest BCUT2D eigenvalue weighted by Crippen LogP contribution is 2.38. The zero-order valence-corrected chi connectivity index (χ0v) is 43.0. The number of aldehydes is 2. The lowest BCUT2D eigenvalue weighted by atomic mass is 9.75. The van der Waals surface area contributed by atoms with Crippen molar-refractivity contribution < 1.29 is 14.7 Å². The van der Waals surface area contributed by atoms with Gasteiger partial charge in [-0.25, -0.2) is 0 Å². The molecule has 366 valence electrons. The molecular weight excluding hydrogens is 797 g/mol. The molecule has 1 aliphatic heterocycles. The number of benzene rings is 1. The van der Waals surface area contributed by atoms with E-state index in [4.69, 9.17) is 10.5 Å². The van der Waals surface area contributed by atoms with E-state index in [1.54, 1.807) is 6.08 Å². The van der Waals surface area contributed by atoms with E-state index in [0.717, 1.165) is 79.5 Å². The van der Waals surface area contributed by atoms with Gasteiger partial charge in [-0.2, -0.15) is 0 Å². The number of piperidine rings is 1. The topological polar surface area (TPSA) is 83.6 Å². The van der Waals surface area contributed by atoms with Gasteiger partial charge in [0, 0.05) is 23.7 Å². The molecule has 5 heteroatoms. The standard InChI is InChI=1S/C47H79NO2.C7H9N.C3H4O.C3H6/c1-36(28-30-44-31-29-39(4)47(34-44)48-32-19-18-24-40(48)5)21-14-10-8-11-15-22-37(2)41(6)46(35-49)42(7)38(3)23-16-12-9-13-17-25-43-26-20-27-45(50)33-43;1-6-3-2-4-7(8)5-6;1-2-3-4;1-3-2/h8,10-11,14,21,23,35,37,39-40,42-47,50H,6,9,12-13,15-20,22,24-34H2,1-5,7H3;2-5H,8H2,1H3;2-3H,1H2;3H,1H2,2H3/b11-8+,14-10+,36-21+,38-23+;;;/t37?,39?,40?,42?,43?,44-,45?,46+,47?;;;/m1.../s1. The number of anilines is 1. The van der Waals surface area contributed by atoms with Crippen molar-refractivity contribution >= 4 is 18.3 Å². The fourth-order valence-electron chi connectivity index (χ4n) is 10.0. The molecule has 9 atom stereocenters. The normalized spacial score (nSPS) is 24.2. The number of rotatable bonds is 22. The predicted molar refractivity (Wildman–Crippen MR) is 285 cm³/mol. The average molecular weight is 895 g/mol. The largest absolute Gasteiger partial charge is 0.399 e. The molecule has 0 radical (unpaired) electrons. The van der Waals surface area contributed by atoms with Crippen molar-refractivity contribution in [2.45, 2.75) is 202 Å². The van der Waals surface area contributed by atoms with E-state index in [2.05, 4.69) is 103 Å². The highest BCUT2D eigenvalue weighted by atomic mass is 16.3. The second-order valence-electron chi connectivity index (χ2n) is 20.0. The monoisotopic (exact) mass is 895 g/mol. The summed E-state index contributed by atoms with van der Waals surface area (Å²) in [5.41, 5.74) is 11.4. The molecule has 2 saturated carbocycles. The maximum absolute atomic E-state index is 12.2. The molecular formula is C60H98N2O3. The van der Waals surface area contributed by atoms with Crippen LogP contribution in [0.2, 0.25) is 0 Å². The van der Waals surface area contributed by atoms with Gasteiger partial charge in [-0.1, -0.05) is 157 Å². The van der Waals surface area contributed by atoms with Gasteiger partial charge in [0.2, 0.25) is 0 Å². The van der Waals surface area contributed by atoms with E-state index >= 15 is 0 Å². The Labute approximate surface area is 401 Å². The molecule has 3 aliphatic rings. The van der Waals surface area contributed by atoms with E-state index in [9.17, 15) is 9.90 Å². The first-order valence-electron chi connectivity index (χ1n) is 25.9. The molecule has 0 spiro atoms. The number of nitrogen functional groups attached to an aromatic ring is 1. The lowest BCUT2D eigenvalue weighted by Gasteiger charge is -2.46. The van der Waals surface area contributed by atoms with Crippen LogP contribution < -0.4 is 5.73 Å². The van der Waals surface area contributed by atoms with Crippen molar-refractivity contribution in [2.75, 3.05) is 12.3 Å². The van der Waals surface area contributed by atoms with Crippen LogP contribution >= 0.6 is 0 Å². The summed E-state index contributed by atoms with van der Waals surface area (Å²) in [5, 5.41) is 9.90. The minimum Gasteiger partial charge on any atom is -0.399 e. The summed E-state index contributed by atoms with van der Waals surface area (Å²) >= 11 is 0. The van der Waals surface area contributed by atoms with Crippen LogP contribution in [0.4, 0.5) is 5.69 Å². The number of nitrogens with zero attached hydrogens (tertiary/aromatic N) is 1. The highest BCUT2D eigenvalue weighted by molar-refractivity contribution is 5.63. The summed E-state index contributed by atoms with van der Waals surface area (Å²) in [6.07, 6.45) is 43.1. The van der Waals surface area contributed by atoms with Gasteiger partial charge in [0.25, 0.3) is 0 Å². The fraction of sp³-hybridized carbons (Fsp3) is 0.633. The first-order chi connectivity index (χ1) is 31.2. The molecule has 3 fully saturated rings. The molecule has 7 unspecified atom stereocenters. The van der Waals surface area contributed by atoms with Gasteiger partial charge in [0.1, 0.15) is 12.6 Å². The van der Waals surface area contributed by atoms with E-state index < -0.39 is 0 Å². The van der Waals surface area contributed by atoms with Gasteiger partial charge in [-0.3, -0.25) is 9.69 Å². The zero-order chi connectivity index (χ0) is 48.4. The highest BCUT2D eigenvalue weighted by Gasteiger charge is 2.34. The summed E-state index contributed by atoms with van der Waals surface area (Å²) in [5.74, 6) is 2.89. The third kappa shape index (κ3) is 26.4. The minimum absolute atomic E-state index is 0.0493. The van der Waals surface area contributed by atoms with Crippen LogP contribution in [0, 0.1) is 42.4 Å². The number of hydrogen-bond donors (Lipinski definition) is 2. The second-order valence-corrected chi connectivity index (χ2v) is 20.0. The Morgan fingerprint density at radius 2 is 1.60 bits per heavy atom. The number of aliphatic hydroxyl groups excluding tert-OH is 1. The van der Waals surface area contributed by atoms with Crippen LogP contribution in [0.15, 0.2) is 109 Å². The van der Waals surface area contributed by atoms with Crippen molar-refractivity contribution in [1.82, 2.24) is 4.90 Å². The van der Waals surface area contributed by atoms with Gasteiger partial charge in [-0.15, -0.1) is 6.58 Å². The second kappa shape index (κ2) is 36.6. The molecule has 65 heavy (non-hydrogen) atoms. The summed E-state index contributed by atoms with van der Waals surface area (Å²) in [6.45, 7) is 30.0. The number of unbranched alkanes of at least 4 members (excludes halogenated alkanes) is 4. The predicted octanol–water partition coefficient (Wildman–Crippen LogP) is 15.9. The summed E-state index contributed by atoms with van der Waals surface area (Å²) in [6, 6.07) is 9.37. The van der Waals surface area contributed by atoms with Gasteiger partial charge in [0.05, 0.1) is 6.10 Å². The SMILES string of the molecule is C=C(C(C)CC/C=C/C=C/C=C(\C)CC[C@@H]1CCC(C)C(N2CCCCC2C)C1)[C@H](C=O)C(C)/C(C)=C/CCCCCCC1CCCC(O)C1.C=CC.C=CC=O.Cc1cccc(N)c1.